The smallest absolute Gasteiger partial charge is 0.249 e. The molecule has 3 N–H and O–H groups in total. The third-order valence-electron chi connectivity index (χ3n) is 8.92. The molecule has 308 valence electrons. The van der Waals surface area contributed by atoms with Crippen molar-refractivity contribution in [1.82, 2.24) is 5.32 Å². The van der Waals surface area contributed by atoms with Crippen molar-refractivity contribution in [2.45, 2.75) is 98.8 Å². The summed E-state index contributed by atoms with van der Waals surface area (Å²) in [6.07, 6.45) is 2.49. The second-order valence-electron chi connectivity index (χ2n) is 14.8. The zero-order valence-electron chi connectivity index (χ0n) is 34.7. The minimum absolute atomic E-state index is 0.231. The number of fused-ring (bicyclic) bond motifs is 2. The molecule has 0 bridgehead atoms. The van der Waals surface area contributed by atoms with Gasteiger partial charge in [0.25, 0.3) is 0 Å². The Hall–Kier alpha value is -3.07. The Balaban J connectivity index is 0.000000209. The lowest BCUT2D eigenvalue weighted by atomic mass is 10.1. The van der Waals surface area contributed by atoms with Crippen molar-refractivity contribution < 1.29 is 9.63 Å². The van der Waals surface area contributed by atoms with Crippen LogP contribution < -0.4 is 29.3 Å². The Morgan fingerprint density at radius 1 is 0.649 bits per heavy atom. The second kappa shape index (κ2) is 23.5. The maximum absolute atomic E-state index is 8.62. The molecule has 0 unspecified atom stereocenters. The summed E-state index contributed by atoms with van der Waals surface area (Å²) in [5.41, 5.74) is 7.29. The monoisotopic (exact) mass is 866 g/mol. The molecule has 0 spiro atoms. The highest BCUT2D eigenvalue weighted by atomic mass is 35.7. The molecule has 2 aliphatic heterocycles. The molecule has 0 aromatic heterocycles. The summed E-state index contributed by atoms with van der Waals surface area (Å²) < 4.78 is 15.9. The van der Waals surface area contributed by atoms with E-state index in [2.05, 4.69) is 145 Å². The topological polar surface area (TPSA) is 66.5 Å². The number of para-hydroxylation sites is 5. The van der Waals surface area contributed by atoms with Crippen LogP contribution >= 0.6 is 51.7 Å². The maximum atomic E-state index is 8.62. The van der Waals surface area contributed by atoms with Gasteiger partial charge in [-0.2, -0.15) is 0 Å². The molecule has 4 aromatic rings. The predicted molar refractivity (Wildman–Crippen MR) is 259 cm³/mol. The Morgan fingerprint density at radius 3 is 1.51 bits per heavy atom. The molecular weight excluding hydrogens is 806 g/mol. The van der Waals surface area contributed by atoms with E-state index in [-0.39, 0.29) is 6.61 Å². The summed E-state index contributed by atoms with van der Waals surface area (Å²) >= 11 is 17.2. The summed E-state index contributed by atoms with van der Waals surface area (Å²) in [6, 6.07) is 38.8. The number of rotatable bonds is 14. The van der Waals surface area contributed by atoms with Crippen LogP contribution in [0, 0.1) is 0 Å². The first kappa shape index (κ1) is 46.6. The second-order valence-corrected chi connectivity index (χ2v) is 19.7. The molecular formula is C44H61ClN6O2P2S2. The van der Waals surface area contributed by atoms with Crippen LogP contribution in [-0.2, 0) is 10.9 Å². The third-order valence-corrected chi connectivity index (χ3v) is 15.1. The third kappa shape index (κ3) is 13.2. The number of benzene rings is 4. The van der Waals surface area contributed by atoms with Gasteiger partial charge in [0.15, 0.2) is 12.7 Å². The molecule has 0 atom stereocenters. The SMILES string of the molecule is CC(C)N1c2ccccc2N(C(C)C)P1Cl.CC(C)N1c2ccccc2N(C(C)C)P1OCCNC(=S)Nc1ccccc1.OCCCC(=S)Cc1ccccc1. The highest BCUT2D eigenvalue weighted by Gasteiger charge is 2.41. The molecule has 4 aromatic carbocycles. The van der Waals surface area contributed by atoms with Gasteiger partial charge in [0.1, 0.15) is 0 Å². The molecule has 0 fully saturated rings. The molecule has 57 heavy (non-hydrogen) atoms. The van der Waals surface area contributed by atoms with Crippen molar-refractivity contribution in [3.05, 3.63) is 115 Å². The molecule has 0 radical (unpaired) electrons. The average Bonchev–Trinajstić information content (AvgIpc) is 3.69. The molecule has 6 rings (SSSR count). The lowest BCUT2D eigenvalue weighted by Gasteiger charge is -2.35. The molecule has 8 nitrogen and oxygen atoms in total. The summed E-state index contributed by atoms with van der Waals surface area (Å²) in [4.78, 5) is 1.03. The van der Waals surface area contributed by atoms with Crippen molar-refractivity contribution in [2.24, 2.45) is 0 Å². The van der Waals surface area contributed by atoms with Crippen LogP contribution in [0.15, 0.2) is 109 Å². The minimum Gasteiger partial charge on any atom is -0.396 e. The van der Waals surface area contributed by atoms with Gasteiger partial charge >= 0.3 is 0 Å². The van der Waals surface area contributed by atoms with E-state index in [1.165, 1.54) is 28.3 Å². The number of hydrogen-bond donors (Lipinski definition) is 3. The van der Waals surface area contributed by atoms with Crippen molar-refractivity contribution in [3.8, 4) is 0 Å². The van der Waals surface area contributed by atoms with Crippen molar-refractivity contribution >= 4 is 90.1 Å². The number of nitrogens with zero attached hydrogens (tertiary/aromatic N) is 4. The molecule has 0 saturated heterocycles. The Kier molecular flexibility index (Phi) is 19.2. The molecule has 0 saturated carbocycles. The maximum Gasteiger partial charge on any atom is 0.249 e. The first-order valence-electron chi connectivity index (χ1n) is 19.9. The van der Waals surface area contributed by atoms with Gasteiger partial charge in [0.05, 0.1) is 29.4 Å². The number of hydrogen-bond acceptors (Lipinski definition) is 8. The molecule has 2 heterocycles. The van der Waals surface area contributed by atoms with Crippen LogP contribution in [0.1, 0.15) is 73.8 Å². The van der Waals surface area contributed by atoms with Gasteiger partial charge in [0.2, 0.25) is 8.45 Å². The van der Waals surface area contributed by atoms with E-state index in [0.717, 1.165) is 29.8 Å². The van der Waals surface area contributed by atoms with Crippen LogP contribution in [0.3, 0.4) is 0 Å². The highest BCUT2D eigenvalue weighted by Crippen LogP contribution is 2.64. The van der Waals surface area contributed by atoms with E-state index in [0.29, 0.717) is 42.4 Å². The summed E-state index contributed by atoms with van der Waals surface area (Å²) in [5, 5.41) is 15.7. The van der Waals surface area contributed by atoms with E-state index in [9.17, 15) is 0 Å². The fourth-order valence-corrected chi connectivity index (χ4v) is 12.4. The predicted octanol–water partition coefficient (Wildman–Crippen LogP) is 12.3. The summed E-state index contributed by atoms with van der Waals surface area (Å²) in [5.74, 6) is 0. The lowest BCUT2D eigenvalue weighted by Crippen LogP contribution is -2.34. The van der Waals surface area contributed by atoms with Crippen LogP contribution in [0.2, 0.25) is 0 Å². The average molecular weight is 868 g/mol. The van der Waals surface area contributed by atoms with E-state index in [1.807, 2.05) is 48.5 Å². The number of halogens is 1. The van der Waals surface area contributed by atoms with E-state index in [1.54, 1.807) is 0 Å². The van der Waals surface area contributed by atoms with Gasteiger partial charge in [-0.1, -0.05) is 85.0 Å². The Morgan fingerprint density at radius 2 is 1.07 bits per heavy atom. The number of nitrogens with one attached hydrogen (secondary N) is 2. The van der Waals surface area contributed by atoms with Gasteiger partial charge in [-0.3, -0.25) is 0 Å². The van der Waals surface area contributed by atoms with E-state index >= 15 is 0 Å². The zero-order chi connectivity index (χ0) is 41.5. The van der Waals surface area contributed by atoms with Crippen molar-refractivity contribution in [1.29, 1.82) is 0 Å². The van der Waals surface area contributed by atoms with Gasteiger partial charge in [-0.15, -0.1) is 0 Å². The molecule has 2 aliphatic rings. The number of aliphatic hydroxyl groups is 1. The van der Waals surface area contributed by atoms with E-state index < -0.39 is 16.0 Å². The fourth-order valence-electron chi connectivity index (χ4n) is 6.46. The van der Waals surface area contributed by atoms with Crippen LogP contribution in [-0.4, -0.2) is 59.0 Å². The van der Waals surface area contributed by atoms with Gasteiger partial charge < -0.3 is 38.9 Å². The van der Waals surface area contributed by atoms with Crippen LogP contribution in [0.4, 0.5) is 28.4 Å². The zero-order valence-corrected chi connectivity index (χ0v) is 38.9. The Labute approximate surface area is 360 Å². The van der Waals surface area contributed by atoms with Gasteiger partial charge in [-0.25, -0.2) is 0 Å². The van der Waals surface area contributed by atoms with E-state index in [4.69, 9.17) is 45.3 Å². The molecule has 13 heteroatoms. The highest BCUT2D eigenvalue weighted by molar-refractivity contribution is 7.87. The first-order chi connectivity index (χ1) is 27.3. The van der Waals surface area contributed by atoms with Gasteiger partial charge in [0, 0.05) is 49.4 Å². The number of aliphatic hydroxyl groups excluding tert-OH is 1. The quantitative estimate of drug-likeness (QED) is 0.0649. The van der Waals surface area contributed by atoms with Crippen LogP contribution in [0.25, 0.3) is 0 Å². The standard InChI is InChI=1S/C21H29N4OPS.C12H18ClN2P.C11H14OS/c1-16(2)24-19-12-8-9-13-20(19)25(17(3)4)27(24)26-15-14-22-21(28)23-18-10-6-5-7-11-18;1-9(2)14-11-7-5-6-8-12(11)15(10(3)4)16(14)13;12-8-4-7-11(13)9-10-5-2-1-3-6-10/h5-13,16-17H,14-15H2,1-4H3,(H2,22,23,28);5-10H,1-4H3;1-3,5-6,12H,4,7-9H2. The molecule has 0 aliphatic carbocycles. The minimum atomic E-state index is -0.894. The van der Waals surface area contributed by atoms with Crippen LogP contribution in [0.5, 0.6) is 0 Å². The largest absolute Gasteiger partial charge is 0.396 e. The summed E-state index contributed by atoms with van der Waals surface area (Å²) in [7, 11) is -1.65. The summed E-state index contributed by atoms with van der Waals surface area (Å²) in [6.45, 7) is 19.1. The Bertz CT molecular complexity index is 1760. The first-order valence-corrected chi connectivity index (χ1v) is 24.0. The van der Waals surface area contributed by atoms with Gasteiger partial charge in [-0.05, 0) is 139 Å². The fraction of sp³-hybridized carbons (Fsp3) is 0.409. The van der Waals surface area contributed by atoms with Crippen molar-refractivity contribution in [2.75, 3.05) is 43.8 Å². The number of thiocarbonyl (C=S) groups is 2. The normalized spacial score (nSPS) is 13.7. The van der Waals surface area contributed by atoms with Crippen molar-refractivity contribution in [3.63, 3.8) is 0 Å². The lowest BCUT2D eigenvalue weighted by molar-refractivity contribution is 0.291. The molecule has 0 amide bonds. The number of anilines is 5.